The Balaban J connectivity index is 1.24. The first-order valence-corrected chi connectivity index (χ1v) is 15.8. The summed E-state index contributed by atoms with van der Waals surface area (Å²) in [6.07, 6.45) is 0.186. The molecule has 0 saturated carbocycles. The lowest BCUT2D eigenvalue weighted by atomic mass is 9.97. The number of amides is 1. The molecule has 14 heteroatoms. The predicted molar refractivity (Wildman–Crippen MR) is 162 cm³/mol. The maximum atomic E-state index is 13.2. The molecule has 0 aliphatic carbocycles. The van der Waals surface area contributed by atoms with Crippen LogP contribution < -0.4 is 15.7 Å². The van der Waals surface area contributed by atoms with Crippen LogP contribution in [-0.4, -0.2) is 84.0 Å². The summed E-state index contributed by atoms with van der Waals surface area (Å²) >= 11 is 1.40. The van der Waals surface area contributed by atoms with Gasteiger partial charge < -0.3 is 43.0 Å². The van der Waals surface area contributed by atoms with Crippen molar-refractivity contribution in [2.24, 2.45) is 10.1 Å². The van der Waals surface area contributed by atoms with Crippen molar-refractivity contribution in [1.29, 1.82) is 0 Å². The van der Waals surface area contributed by atoms with Gasteiger partial charge in [-0.15, -0.1) is 11.8 Å². The molecule has 0 radical (unpaired) electrons. The Morgan fingerprint density at radius 2 is 1.95 bits per heavy atom. The van der Waals surface area contributed by atoms with Crippen molar-refractivity contribution < 1.29 is 42.5 Å². The van der Waals surface area contributed by atoms with Gasteiger partial charge in [-0.2, -0.15) is 0 Å². The molecule has 4 aliphatic heterocycles. The number of oxime groups is 1. The van der Waals surface area contributed by atoms with E-state index < -0.39 is 60.0 Å². The molecule has 1 amide bonds. The number of hydrogen-bond donors (Lipinski definition) is 1. The zero-order chi connectivity index (χ0) is 31.6. The SMILES string of the molecule is C=CCOc1cc([C@@H](CCC)NC(=O)C2CSC(/C(C)=N/O[C@H]3O[C@@H]4COC(C)(C)O[C@H]4[C@@H]4OC(C)(C)O[C@H]34)=N2)oc(=O)c1. The van der Waals surface area contributed by atoms with Crippen LogP contribution in [0.5, 0.6) is 5.75 Å². The van der Waals surface area contributed by atoms with Gasteiger partial charge in [-0.3, -0.25) is 9.79 Å². The number of nitrogens with one attached hydrogen (secondary N) is 1. The monoisotopic (exact) mass is 635 g/mol. The Labute approximate surface area is 260 Å². The molecule has 5 rings (SSSR count). The zero-order valence-electron chi connectivity index (χ0n) is 25.9. The van der Waals surface area contributed by atoms with Crippen molar-refractivity contribution in [2.45, 2.75) is 109 Å². The average Bonchev–Trinajstić information content (AvgIpc) is 3.59. The summed E-state index contributed by atoms with van der Waals surface area (Å²) in [5.41, 5.74) is -0.0685. The van der Waals surface area contributed by atoms with Gasteiger partial charge in [0.05, 0.1) is 18.7 Å². The van der Waals surface area contributed by atoms with E-state index in [0.717, 1.165) is 6.42 Å². The van der Waals surface area contributed by atoms with Gasteiger partial charge in [0.1, 0.15) is 53.2 Å². The molecule has 13 nitrogen and oxygen atoms in total. The Kier molecular flexibility index (Phi) is 9.87. The van der Waals surface area contributed by atoms with E-state index in [1.165, 1.54) is 17.8 Å². The highest BCUT2D eigenvalue weighted by Gasteiger charge is 2.59. The topological polar surface area (TPSA) is 149 Å². The Bertz CT molecular complexity index is 1340. The summed E-state index contributed by atoms with van der Waals surface area (Å²) in [5.74, 6) is -0.831. The van der Waals surface area contributed by atoms with E-state index in [2.05, 4.69) is 22.0 Å². The average molecular weight is 636 g/mol. The first-order valence-electron chi connectivity index (χ1n) is 14.8. The molecule has 7 atom stereocenters. The van der Waals surface area contributed by atoms with Crippen LogP contribution in [0.4, 0.5) is 0 Å². The zero-order valence-corrected chi connectivity index (χ0v) is 26.7. The molecule has 1 N–H and O–H groups in total. The summed E-state index contributed by atoms with van der Waals surface area (Å²) in [7, 11) is 0. The minimum absolute atomic E-state index is 0.240. The minimum atomic E-state index is -0.867. The van der Waals surface area contributed by atoms with Crippen LogP contribution in [0.15, 0.2) is 44.1 Å². The van der Waals surface area contributed by atoms with Gasteiger partial charge in [0.25, 0.3) is 6.29 Å². The van der Waals surface area contributed by atoms with E-state index in [-0.39, 0.29) is 12.5 Å². The van der Waals surface area contributed by atoms with E-state index in [1.54, 1.807) is 19.1 Å². The van der Waals surface area contributed by atoms with Gasteiger partial charge in [-0.25, -0.2) is 4.79 Å². The smallest absolute Gasteiger partial charge is 0.339 e. The van der Waals surface area contributed by atoms with Crippen LogP contribution in [0.25, 0.3) is 0 Å². The molecule has 3 fully saturated rings. The molecular formula is C30H41N3O10S. The number of carbonyl (C=O) groups excluding carboxylic acids is 1. The largest absolute Gasteiger partial charge is 0.489 e. The van der Waals surface area contributed by atoms with Gasteiger partial charge in [-0.1, -0.05) is 31.2 Å². The van der Waals surface area contributed by atoms with E-state index in [1.807, 2.05) is 34.6 Å². The fourth-order valence-corrected chi connectivity index (χ4v) is 6.42. The number of hydrogen-bond acceptors (Lipinski definition) is 13. The highest BCUT2D eigenvalue weighted by Crippen LogP contribution is 2.42. The van der Waals surface area contributed by atoms with Gasteiger partial charge in [0.15, 0.2) is 17.7 Å². The number of rotatable bonds is 11. The molecule has 3 saturated heterocycles. The van der Waals surface area contributed by atoms with Gasteiger partial charge in [0, 0.05) is 11.8 Å². The number of thioether (sulfide) groups is 1. The van der Waals surface area contributed by atoms with Crippen molar-refractivity contribution in [1.82, 2.24) is 5.32 Å². The first kappa shape index (κ1) is 32.6. The van der Waals surface area contributed by atoms with E-state index in [9.17, 15) is 9.59 Å². The maximum absolute atomic E-state index is 13.2. The minimum Gasteiger partial charge on any atom is -0.489 e. The highest BCUT2D eigenvalue weighted by atomic mass is 32.2. The normalized spacial score (nSPS) is 31.3. The molecular weight excluding hydrogens is 594 g/mol. The fourth-order valence-electron chi connectivity index (χ4n) is 5.43. The lowest BCUT2D eigenvalue weighted by Crippen LogP contribution is -2.63. The van der Waals surface area contributed by atoms with Gasteiger partial charge in [0.2, 0.25) is 5.91 Å². The van der Waals surface area contributed by atoms with E-state index in [0.29, 0.717) is 41.0 Å². The number of ether oxygens (including phenoxy) is 6. The van der Waals surface area contributed by atoms with Crippen LogP contribution in [0, 0.1) is 0 Å². The van der Waals surface area contributed by atoms with Crippen molar-refractivity contribution in [3.8, 4) is 5.75 Å². The third kappa shape index (κ3) is 7.54. The second-order valence-electron chi connectivity index (χ2n) is 11.9. The standard InChI is InChI=1S/C30H41N3O10S/c1-8-10-18(20-12-17(36-11-9-2)13-22(34)38-20)31-26(35)19-15-44-27(32-19)16(3)33-43-28-25-24(41-30(6,7)42-25)23-21(39-28)14-37-29(4,5)40-23/h9,12-13,18-19,21,23-25,28H,2,8,10-11,14-15H2,1,3-7H3,(H,31,35)/b33-16+/t18-,19?,21-,23-,24+,25+,28-/m1/s1. The Hall–Kier alpha value is -2.75. The maximum Gasteiger partial charge on any atom is 0.339 e. The molecule has 44 heavy (non-hydrogen) atoms. The van der Waals surface area contributed by atoms with E-state index >= 15 is 0 Å². The molecule has 4 aliphatic rings. The van der Waals surface area contributed by atoms with Crippen LogP contribution >= 0.6 is 11.8 Å². The van der Waals surface area contributed by atoms with Crippen molar-refractivity contribution >= 4 is 28.4 Å². The molecule has 1 aromatic rings. The van der Waals surface area contributed by atoms with E-state index in [4.69, 9.17) is 37.7 Å². The van der Waals surface area contributed by atoms with Crippen molar-refractivity contribution in [2.75, 3.05) is 19.0 Å². The molecule has 0 bridgehead atoms. The molecule has 242 valence electrons. The third-order valence-electron chi connectivity index (χ3n) is 7.37. The molecule has 1 unspecified atom stereocenters. The number of carbonyl (C=O) groups is 1. The number of aliphatic imine (C=N–C) groups is 1. The quantitative estimate of drug-likeness (QED) is 0.216. The summed E-state index contributed by atoms with van der Waals surface area (Å²) < 4.78 is 41.3. The van der Waals surface area contributed by atoms with Crippen molar-refractivity contribution in [3.63, 3.8) is 0 Å². The summed E-state index contributed by atoms with van der Waals surface area (Å²) in [5, 5.41) is 7.86. The Morgan fingerprint density at radius 3 is 2.70 bits per heavy atom. The van der Waals surface area contributed by atoms with Gasteiger partial charge >= 0.3 is 5.63 Å². The van der Waals surface area contributed by atoms with Crippen LogP contribution in [0.2, 0.25) is 0 Å². The number of nitrogens with zero attached hydrogens (tertiary/aromatic N) is 2. The lowest BCUT2D eigenvalue weighted by Gasteiger charge is -2.47. The second-order valence-corrected chi connectivity index (χ2v) is 12.9. The lowest BCUT2D eigenvalue weighted by molar-refractivity contribution is -0.370. The van der Waals surface area contributed by atoms with Crippen LogP contribution in [0.1, 0.15) is 66.2 Å². The van der Waals surface area contributed by atoms with Crippen LogP contribution in [0.3, 0.4) is 0 Å². The molecule has 0 spiro atoms. The summed E-state index contributed by atoms with van der Waals surface area (Å²) in [4.78, 5) is 35.8. The second kappa shape index (κ2) is 13.3. The first-order chi connectivity index (χ1) is 20.9. The molecule has 1 aromatic heterocycles. The highest BCUT2D eigenvalue weighted by molar-refractivity contribution is 8.16. The molecule has 0 aromatic carbocycles. The number of fused-ring (bicyclic) bond motifs is 3. The van der Waals surface area contributed by atoms with Crippen LogP contribution in [-0.2, 0) is 33.3 Å². The van der Waals surface area contributed by atoms with Gasteiger partial charge in [-0.05, 0) is 41.0 Å². The summed E-state index contributed by atoms with van der Waals surface area (Å²) in [6, 6.07) is 1.69. The Morgan fingerprint density at radius 1 is 1.20 bits per heavy atom. The fraction of sp³-hybridized carbons (Fsp3) is 0.667. The third-order valence-corrected chi connectivity index (χ3v) is 8.53. The summed E-state index contributed by atoms with van der Waals surface area (Å²) in [6.45, 7) is 15.3. The van der Waals surface area contributed by atoms with Crippen molar-refractivity contribution in [3.05, 3.63) is 41.0 Å². The predicted octanol–water partition coefficient (Wildman–Crippen LogP) is 3.46. The molecule has 5 heterocycles.